The molecule has 8 nitrogen and oxygen atoms in total. The first-order chi connectivity index (χ1) is 13.1. The fourth-order valence-corrected chi connectivity index (χ4v) is 5.11. The second-order valence-corrected chi connectivity index (χ2v) is 7.64. The number of piperidine rings is 1. The number of nitrogens with two attached hydrogens (primary N) is 1. The standard InChI is InChI=1S/C19H26N6O2/c1-12(17-9-22-24-23-17)25-10-14-4-3-5-15(11-25)19(14,27-2)13-6-7-21-16(8-13)18(20)26/h6-9,12,14-15H,3-5,10-11H2,1-2H3,(H2,20,26)(H,22,23,24)/t12-,14?,15?,19?/m1/s1. The van der Waals surface area contributed by atoms with E-state index in [2.05, 4.69) is 32.2 Å². The van der Waals surface area contributed by atoms with Gasteiger partial charge in [0.05, 0.1) is 17.9 Å². The number of nitrogens with one attached hydrogen (secondary N) is 1. The summed E-state index contributed by atoms with van der Waals surface area (Å²) in [4.78, 5) is 18.2. The highest BCUT2D eigenvalue weighted by Gasteiger charge is 2.54. The van der Waals surface area contributed by atoms with Crippen molar-refractivity contribution in [1.82, 2.24) is 25.3 Å². The van der Waals surface area contributed by atoms with Crippen LogP contribution >= 0.6 is 0 Å². The molecule has 2 aliphatic rings. The number of pyridine rings is 1. The van der Waals surface area contributed by atoms with Crippen LogP contribution in [0.1, 0.15) is 54.0 Å². The molecule has 2 aromatic heterocycles. The summed E-state index contributed by atoms with van der Waals surface area (Å²) in [6.07, 6.45) is 6.82. The number of aromatic nitrogens is 4. The zero-order valence-electron chi connectivity index (χ0n) is 15.8. The average molecular weight is 370 g/mol. The van der Waals surface area contributed by atoms with Gasteiger partial charge in [-0.2, -0.15) is 15.4 Å². The summed E-state index contributed by atoms with van der Waals surface area (Å²) in [6, 6.07) is 3.98. The lowest BCUT2D eigenvalue weighted by molar-refractivity contribution is -0.174. The lowest BCUT2D eigenvalue weighted by atomic mass is 9.62. The third kappa shape index (κ3) is 2.93. The fraction of sp³-hybridized carbons (Fsp3) is 0.579. The van der Waals surface area contributed by atoms with Gasteiger partial charge in [0.25, 0.3) is 5.91 Å². The molecule has 3 heterocycles. The van der Waals surface area contributed by atoms with Crippen LogP contribution in [0.4, 0.5) is 0 Å². The maximum atomic E-state index is 11.6. The minimum Gasteiger partial charge on any atom is -0.373 e. The van der Waals surface area contributed by atoms with Crippen LogP contribution in [0.25, 0.3) is 0 Å². The largest absolute Gasteiger partial charge is 0.373 e. The highest BCUT2D eigenvalue weighted by Crippen LogP contribution is 2.52. The minimum absolute atomic E-state index is 0.195. The smallest absolute Gasteiger partial charge is 0.267 e. The summed E-state index contributed by atoms with van der Waals surface area (Å²) in [7, 11) is 1.78. The van der Waals surface area contributed by atoms with E-state index in [4.69, 9.17) is 10.5 Å². The fourth-order valence-electron chi connectivity index (χ4n) is 5.11. The van der Waals surface area contributed by atoms with E-state index >= 15 is 0 Å². The van der Waals surface area contributed by atoms with Crippen molar-refractivity contribution < 1.29 is 9.53 Å². The van der Waals surface area contributed by atoms with Crippen molar-refractivity contribution in [1.29, 1.82) is 0 Å². The summed E-state index contributed by atoms with van der Waals surface area (Å²) in [5.41, 5.74) is 7.31. The average Bonchev–Trinajstić information content (AvgIpc) is 3.21. The van der Waals surface area contributed by atoms with E-state index in [0.29, 0.717) is 17.5 Å². The van der Waals surface area contributed by atoms with Crippen LogP contribution in [-0.2, 0) is 10.3 Å². The molecule has 2 unspecified atom stereocenters. The molecular formula is C19H26N6O2. The van der Waals surface area contributed by atoms with E-state index in [1.807, 2.05) is 12.1 Å². The van der Waals surface area contributed by atoms with Crippen molar-refractivity contribution in [3.8, 4) is 0 Å². The quantitative estimate of drug-likeness (QED) is 0.828. The monoisotopic (exact) mass is 370 g/mol. The molecule has 1 saturated heterocycles. The maximum absolute atomic E-state index is 11.6. The predicted molar refractivity (Wildman–Crippen MR) is 98.6 cm³/mol. The van der Waals surface area contributed by atoms with E-state index in [1.165, 1.54) is 6.42 Å². The number of nitrogens with zero attached hydrogens (tertiary/aromatic N) is 4. The second kappa shape index (κ2) is 7.01. The van der Waals surface area contributed by atoms with Crippen LogP contribution in [0.15, 0.2) is 24.5 Å². The number of hydrogen-bond acceptors (Lipinski definition) is 6. The Morgan fingerprint density at radius 1 is 1.41 bits per heavy atom. The molecule has 3 N–H and O–H groups in total. The first-order valence-electron chi connectivity index (χ1n) is 9.47. The number of methoxy groups -OCH3 is 1. The number of ether oxygens (including phenoxy) is 1. The zero-order valence-corrected chi connectivity index (χ0v) is 15.8. The number of hydrogen-bond donors (Lipinski definition) is 2. The van der Waals surface area contributed by atoms with E-state index in [-0.39, 0.29) is 6.04 Å². The number of aromatic amines is 1. The van der Waals surface area contributed by atoms with Crippen LogP contribution in [0.5, 0.6) is 0 Å². The SMILES string of the molecule is COC1(c2ccnc(C(N)=O)c2)C2CCCC1CN([C@H](C)c1cn[nH]n1)C2. The van der Waals surface area contributed by atoms with Gasteiger partial charge < -0.3 is 10.5 Å². The van der Waals surface area contributed by atoms with Crippen LogP contribution in [0.3, 0.4) is 0 Å². The number of fused-ring (bicyclic) bond motifs is 2. The molecular weight excluding hydrogens is 344 g/mol. The first kappa shape index (κ1) is 18.1. The molecule has 1 amide bonds. The minimum atomic E-state index is -0.509. The number of likely N-dealkylation sites (tertiary alicyclic amines) is 1. The van der Waals surface area contributed by atoms with Gasteiger partial charge in [-0.3, -0.25) is 14.7 Å². The van der Waals surface area contributed by atoms with E-state index in [1.54, 1.807) is 19.5 Å². The lowest BCUT2D eigenvalue weighted by Gasteiger charge is -2.56. The van der Waals surface area contributed by atoms with Gasteiger partial charge in [0.15, 0.2) is 0 Å². The highest BCUT2D eigenvalue weighted by molar-refractivity contribution is 5.90. The molecule has 144 valence electrons. The van der Waals surface area contributed by atoms with Crippen LogP contribution in [-0.4, -0.2) is 51.4 Å². The Balaban J connectivity index is 1.68. The molecule has 3 atom stereocenters. The Morgan fingerprint density at radius 3 is 2.74 bits per heavy atom. The van der Waals surface area contributed by atoms with E-state index in [9.17, 15) is 4.79 Å². The molecule has 0 spiro atoms. The Labute approximate surface area is 158 Å². The van der Waals surface area contributed by atoms with Crippen molar-refractivity contribution in [2.24, 2.45) is 17.6 Å². The second-order valence-electron chi connectivity index (χ2n) is 7.64. The molecule has 1 saturated carbocycles. The molecule has 1 aliphatic heterocycles. The molecule has 1 aliphatic carbocycles. The highest BCUT2D eigenvalue weighted by atomic mass is 16.5. The predicted octanol–water partition coefficient (Wildman–Crippen LogP) is 1.63. The van der Waals surface area contributed by atoms with E-state index in [0.717, 1.165) is 37.2 Å². The van der Waals surface area contributed by atoms with Gasteiger partial charge >= 0.3 is 0 Å². The van der Waals surface area contributed by atoms with Crippen molar-refractivity contribution in [2.45, 2.75) is 37.8 Å². The molecule has 8 heteroatoms. The molecule has 0 aromatic carbocycles. The normalized spacial score (nSPS) is 29.4. The number of amides is 1. The molecule has 27 heavy (non-hydrogen) atoms. The Morgan fingerprint density at radius 2 is 2.15 bits per heavy atom. The third-order valence-electron chi connectivity index (χ3n) is 6.44. The van der Waals surface area contributed by atoms with Gasteiger partial charge in [0.2, 0.25) is 0 Å². The van der Waals surface area contributed by atoms with Crippen molar-refractivity contribution >= 4 is 5.91 Å². The van der Waals surface area contributed by atoms with Gasteiger partial charge in [0, 0.05) is 38.2 Å². The molecule has 2 bridgehead atoms. The summed E-state index contributed by atoms with van der Waals surface area (Å²) >= 11 is 0. The van der Waals surface area contributed by atoms with E-state index < -0.39 is 11.5 Å². The van der Waals surface area contributed by atoms with Gasteiger partial charge in [0.1, 0.15) is 11.3 Å². The third-order valence-corrected chi connectivity index (χ3v) is 6.44. The first-order valence-corrected chi connectivity index (χ1v) is 9.47. The van der Waals surface area contributed by atoms with Crippen LogP contribution in [0, 0.1) is 11.8 Å². The zero-order chi connectivity index (χ0) is 19.0. The van der Waals surface area contributed by atoms with Crippen LogP contribution < -0.4 is 5.73 Å². The molecule has 4 rings (SSSR count). The number of carbonyl (C=O) groups excluding carboxylic acids is 1. The summed E-state index contributed by atoms with van der Waals surface area (Å²) in [5.74, 6) is 0.144. The summed E-state index contributed by atoms with van der Waals surface area (Å²) in [6.45, 7) is 3.99. The molecule has 0 radical (unpaired) electrons. The molecule has 2 fully saturated rings. The Hall–Kier alpha value is -2.32. The summed E-state index contributed by atoms with van der Waals surface area (Å²) in [5, 5.41) is 10.9. The van der Waals surface area contributed by atoms with Gasteiger partial charge in [-0.1, -0.05) is 6.42 Å². The maximum Gasteiger partial charge on any atom is 0.267 e. The van der Waals surface area contributed by atoms with Crippen molar-refractivity contribution in [3.63, 3.8) is 0 Å². The number of carbonyl (C=O) groups is 1. The van der Waals surface area contributed by atoms with Crippen LogP contribution in [0.2, 0.25) is 0 Å². The Bertz CT molecular complexity index is 794. The van der Waals surface area contributed by atoms with Crippen molar-refractivity contribution in [2.75, 3.05) is 20.2 Å². The van der Waals surface area contributed by atoms with Gasteiger partial charge in [-0.25, -0.2) is 0 Å². The van der Waals surface area contributed by atoms with Gasteiger partial charge in [-0.15, -0.1) is 0 Å². The molecule has 2 aromatic rings. The number of rotatable bonds is 5. The Kier molecular flexibility index (Phi) is 4.69. The van der Waals surface area contributed by atoms with Gasteiger partial charge in [-0.05, 0) is 37.5 Å². The van der Waals surface area contributed by atoms with Crippen molar-refractivity contribution in [3.05, 3.63) is 41.5 Å². The summed E-state index contributed by atoms with van der Waals surface area (Å²) < 4.78 is 6.24. The number of primary amides is 1. The topological polar surface area (TPSA) is 110 Å². The lowest BCUT2D eigenvalue weighted by Crippen LogP contribution is -2.59. The number of H-pyrrole nitrogens is 1.